The number of sulfonamides is 1. The second kappa shape index (κ2) is 9.65. The number of amides is 1. The van der Waals surface area contributed by atoms with E-state index in [0.29, 0.717) is 18.7 Å². The summed E-state index contributed by atoms with van der Waals surface area (Å²) in [5.74, 6) is -0.111. The molecule has 2 heterocycles. The third kappa shape index (κ3) is 5.41. The van der Waals surface area contributed by atoms with Crippen molar-refractivity contribution in [3.05, 3.63) is 42.5 Å². The summed E-state index contributed by atoms with van der Waals surface area (Å²) in [6, 6.07) is 6.24. The number of rotatable bonds is 8. The van der Waals surface area contributed by atoms with Crippen LogP contribution >= 0.6 is 0 Å². The van der Waals surface area contributed by atoms with Gasteiger partial charge < -0.3 is 9.80 Å². The van der Waals surface area contributed by atoms with E-state index in [2.05, 4.69) is 21.1 Å². The van der Waals surface area contributed by atoms with E-state index >= 15 is 0 Å². The Hall–Kier alpha value is -1.74. The van der Waals surface area contributed by atoms with Gasteiger partial charge in [0.05, 0.1) is 4.90 Å². The molecule has 2 aliphatic heterocycles. The summed E-state index contributed by atoms with van der Waals surface area (Å²) in [5, 5.41) is 0. The Labute approximate surface area is 168 Å². The molecule has 1 aromatic carbocycles. The second-order valence-electron chi connectivity index (χ2n) is 7.35. The summed E-state index contributed by atoms with van der Waals surface area (Å²) in [5.41, 5.74) is 0.409. The highest BCUT2D eigenvalue weighted by Crippen LogP contribution is 2.15. The maximum absolute atomic E-state index is 12.8. The van der Waals surface area contributed by atoms with Gasteiger partial charge in [-0.3, -0.25) is 9.69 Å². The molecule has 1 N–H and O–H groups in total. The molecule has 0 saturated carbocycles. The summed E-state index contributed by atoms with van der Waals surface area (Å²) in [4.78, 5) is 19.7. The minimum absolute atomic E-state index is 0.101. The van der Waals surface area contributed by atoms with Crippen molar-refractivity contribution in [1.29, 1.82) is 0 Å². The van der Waals surface area contributed by atoms with Crippen molar-refractivity contribution in [1.82, 2.24) is 19.4 Å². The fourth-order valence-corrected chi connectivity index (χ4v) is 4.74. The van der Waals surface area contributed by atoms with Crippen molar-refractivity contribution in [2.75, 3.05) is 58.9 Å². The van der Waals surface area contributed by atoms with Gasteiger partial charge in [0, 0.05) is 51.4 Å². The van der Waals surface area contributed by atoms with Crippen molar-refractivity contribution < 1.29 is 13.2 Å². The summed E-state index contributed by atoms with van der Waals surface area (Å²) in [6.45, 7) is 11.3. The molecule has 0 aromatic heterocycles. The molecule has 2 fully saturated rings. The van der Waals surface area contributed by atoms with Crippen LogP contribution in [-0.4, -0.2) is 87.9 Å². The Kier molecular flexibility index (Phi) is 7.23. The Morgan fingerprint density at radius 3 is 2.32 bits per heavy atom. The van der Waals surface area contributed by atoms with Crippen LogP contribution in [0.3, 0.4) is 0 Å². The average Bonchev–Trinajstić information content (AvgIpc) is 3.24. The van der Waals surface area contributed by atoms with E-state index in [4.69, 9.17) is 0 Å². The number of carbonyl (C=O) groups is 1. The first-order valence-corrected chi connectivity index (χ1v) is 11.4. The monoisotopic (exact) mass is 406 g/mol. The first kappa shape index (κ1) is 21.0. The van der Waals surface area contributed by atoms with E-state index in [0.717, 1.165) is 26.2 Å². The van der Waals surface area contributed by atoms with Crippen LogP contribution in [0.25, 0.3) is 0 Å². The van der Waals surface area contributed by atoms with Gasteiger partial charge >= 0.3 is 0 Å². The SMILES string of the molecule is C=CCNS(=O)(=O)c1cccc(C(=O)N2CCN(CCN3CCCC3)CC2)c1. The van der Waals surface area contributed by atoms with Crippen molar-refractivity contribution >= 4 is 15.9 Å². The maximum atomic E-state index is 12.8. The Morgan fingerprint density at radius 2 is 1.68 bits per heavy atom. The van der Waals surface area contributed by atoms with Crippen LogP contribution in [0, 0.1) is 0 Å². The predicted molar refractivity (Wildman–Crippen MR) is 110 cm³/mol. The molecule has 3 rings (SSSR count). The zero-order chi connectivity index (χ0) is 20.0. The van der Waals surface area contributed by atoms with Gasteiger partial charge in [-0.05, 0) is 44.1 Å². The fraction of sp³-hybridized carbons (Fsp3) is 0.550. The molecule has 0 bridgehead atoms. The topological polar surface area (TPSA) is 73.0 Å². The van der Waals surface area contributed by atoms with Crippen LogP contribution in [0.4, 0.5) is 0 Å². The summed E-state index contributed by atoms with van der Waals surface area (Å²) < 4.78 is 27.0. The van der Waals surface area contributed by atoms with Gasteiger partial charge in [0.15, 0.2) is 0 Å². The zero-order valence-corrected chi connectivity index (χ0v) is 17.2. The molecule has 7 nitrogen and oxygen atoms in total. The van der Waals surface area contributed by atoms with Crippen LogP contribution in [0.5, 0.6) is 0 Å². The lowest BCUT2D eigenvalue weighted by atomic mass is 10.2. The van der Waals surface area contributed by atoms with Gasteiger partial charge in [0.25, 0.3) is 5.91 Å². The molecule has 0 spiro atoms. The molecule has 0 unspecified atom stereocenters. The number of carbonyl (C=O) groups excluding carboxylic acids is 1. The molecular formula is C20H30N4O3S. The van der Waals surface area contributed by atoms with Gasteiger partial charge in [-0.15, -0.1) is 6.58 Å². The number of hydrogen-bond donors (Lipinski definition) is 1. The quantitative estimate of drug-likeness (QED) is 0.652. The molecule has 8 heteroatoms. The molecule has 1 aromatic rings. The van der Waals surface area contributed by atoms with Crippen LogP contribution in [0.2, 0.25) is 0 Å². The van der Waals surface area contributed by atoms with Crippen LogP contribution in [-0.2, 0) is 10.0 Å². The highest BCUT2D eigenvalue weighted by molar-refractivity contribution is 7.89. The van der Waals surface area contributed by atoms with Gasteiger partial charge in [0.2, 0.25) is 10.0 Å². The highest BCUT2D eigenvalue weighted by Gasteiger charge is 2.24. The molecule has 154 valence electrons. The third-order valence-corrected chi connectivity index (χ3v) is 6.82. The molecule has 1 amide bonds. The predicted octanol–water partition coefficient (Wildman–Crippen LogP) is 1.00. The number of nitrogens with one attached hydrogen (secondary N) is 1. The first-order valence-electron chi connectivity index (χ1n) is 9.94. The molecule has 28 heavy (non-hydrogen) atoms. The van der Waals surface area contributed by atoms with E-state index in [-0.39, 0.29) is 17.3 Å². The largest absolute Gasteiger partial charge is 0.336 e. The van der Waals surface area contributed by atoms with Gasteiger partial charge in [0.1, 0.15) is 0 Å². The Balaban J connectivity index is 1.54. The van der Waals surface area contributed by atoms with E-state index in [9.17, 15) is 13.2 Å². The number of likely N-dealkylation sites (tertiary alicyclic amines) is 1. The van der Waals surface area contributed by atoms with Crippen LogP contribution in [0.1, 0.15) is 23.2 Å². The van der Waals surface area contributed by atoms with E-state index in [1.165, 1.54) is 44.1 Å². The third-order valence-electron chi connectivity index (χ3n) is 5.40. The summed E-state index contributed by atoms with van der Waals surface area (Å²) in [7, 11) is -3.64. The lowest BCUT2D eigenvalue weighted by Crippen LogP contribution is -2.50. The minimum atomic E-state index is -3.64. The zero-order valence-electron chi connectivity index (χ0n) is 16.3. The molecule has 0 atom stereocenters. The van der Waals surface area contributed by atoms with Crippen molar-refractivity contribution in [2.45, 2.75) is 17.7 Å². The van der Waals surface area contributed by atoms with E-state index < -0.39 is 10.0 Å². The van der Waals surface area contributed by atoms with Gasteiger partial charge in [-0.2, -0.15) is 0 Å². The number of nitrogens with zero attached hydrogens (tertiary/aromatic N) is 3. The van der Waals surface area contributed by atoms with E-state index in [1.54, 1.807) is 12.1 Å². The normalized spacial score (nSPS) is 19.1. The number of benzene rings is 1. The highest BCUT2D eigenvalue weighted by atomic mass is 32.2. The van der Waals surface area contributed by atoms with Gasteiger partial charge in [-0.25, -0.2) is 13.1 Å². The fourth-order valence-electron chi connectivity index (χ4n) is 3.69. The van der Waals surface area contributed by atoms with Crippen LogP contribution in [0.15, 0.2) is 41.8 Å². The second-order valence-corrected chi connectivity index (χ2v) is 9.12. The lowest BCUT2D eigenvalue weighted by molar-refractivity contribution is 0.0626. The standard InChI is InChI=1S/C20H30N4O3S/c1-2-8-21-28(26,27)19-7-5-6-18(17-19)20(25)24-15-13-23(14-16-24)12-11-22-9-3-4-10-22/h2,5-7,17,21H,1,3-4,8-16H2. The van der Waals surface area contributed by atoms with Crippen molar-refractivity contribution in [3.8, 4) is 0 Å². The Morgan fingerprint density at radius 1 is 1.04 bits per heavy atom. The molecule has 2 saturated heterocycles. The van der Waals surface area contributed by atoms with Crippen molar-refractivity contribution in [2.24, 2.45) is 0 Å². The maximum Gasteiger partial charge on any atom is 0.253 e. The molecule has 0 radical (unpaired) electrons. The number of hydrogen-bond acceptors (Lipinski definition) is 5. The Bertz CT molecular complexity index is 782. The average molecular weight is 407 g/mol. The van der Waals surface area contributed by atoms with Crippen LogP contribution < -0.4 is 4.72 Å². The van der Waals surface area contributed by atoms with Gasteiger partial charge in [-0.1, -0.05) is 12.1 Å². The lowest BCUT2D eigenvalue weighted by Gasteiger charge is -2.35. The molecular weight excluding hydrogens is 376 g/mol. The minimum Gasteiger partial charge on any atom is -0.336 e. The number of piperazine rings is 1. The first-order chi connectivity index (χ1) is 13.5. The van der Waals surface area contributed by atoms with E-state index in [1.807, 2.05) is 4.90 Å². The molecule has 2 aliphatic rings. The van der Waals surface area contributed by atoms with Crippen molar-refractivity contribution in [3.63, 3.8) is 0 Å². The summed E-state index contributed by atoms with van der Waals surface area (Å²) in [6.07, 6.45) is 4.09. The smallest absolute Gasteiger partial charge is 0.253 e. The summed E-state index contributed by atoms with van der Waals surface area (Å²) >= 11 is 0. The molecule has 0 aliphatic carbocycles.